The van der Waals surface area contributed by atoms with E-state index in [1.54, 1.807) is 0 Å². The molecule has 0 saturated carbocycles. The van der Waals surface area contributed by atoms with Crippen molar-refractivity contribution in [2.45, 2.75) is 327 Å². The summed E-state index contributed by atoms with van der Waals surface area (Å²) in [7, 11) is 0. The van der Waals surface area contributed by atoms with E-state index in [0.29, 0.717) is 19.3 Å². The molecule has 6 nitrogen and oxygen atoms in total. The first-order chi connectivity index (χ1) is 33.0. The summed E-state index contributed by atoms with van der Waals surface area (Å²) in [5, 5.41) is 44.0. The highest BCUT2D eigenvalue weighted by molar-refractivity contribution is 5.80. The topological polar surface area (TPSA) is 110 Å². The van der Waals surface area contributed by atoms with E-state index in [-0.39, 0.29) is 0 Å². The van der Waals surface area contributed by atoms with Crippen LogP contribution in [-0.2, 0) is 4.79 Å². The van der Waals surface area contributed by atoms with Crippen LogP contribution in [0, 0.1) is 0 Å². The minimum atomic E-state index is -1.29. The third-order valence-electron chi connectivity index (χ3n) is 13.8. The number of rotatable bonds is 54. The Kier molecular flexibility index (Phi) is 53.8. The van der Waals surface area contributed by atoms with E-state index in [9.17, 15) is 25.2 Å². The molecule has 0 heterocycles. The van der Waals surface area contributed by atoms with Crippen LogP contribution in [-0.4, -0.2) is 57.3 Å². The Balaban J connectivity index is 3.64. The summed E-state index contributed by atoms with van der Waals surface area (Å²) in [5.74, 6) is -0.597. The summed E-state index contributed by atoms with van der Waals surface area (Å²) in [6.45, 7) is 3.97. The molecule has 67 heavy (non-hydrogen) atoms. The number of aliphatic hydroxyl groups is 4. The Bertz CT molecular complexity index is 1100. The lowest BCUT2D eigenvalue weighted by atomic mass is 10.00. The number of aliphatic hydroxyl groups excluding tert-OH is 4. The van der Waals surface area contributed by atoms with Gasteiger partial charge in [0.15, 0.2) is 0 Å². The molecule has 5 N–H and O–H groups in total. The molecule has 0 aliphatic heterocycles. The van der Waals surface area contributed by atoms with Crippen LogP contribution in [0.25, 0.3) is 0 Å². The predicted octanol–water partition coefficient (Wildman–Crippen LogP) is 17.4. The zero-order valence-corrected chi connectivity index (χ0v) is 44.7. The molecule has 0 radical (unpaired) electrons. The van der Waals surface area contributed by atoms with Gasteiger partial charge in [-0.15, -0.1) is 0 Å². The van der Waals surface area contributed by atoms with Gasteiger partial charge in [-0.25, -0.2) is 0 Å². The van der Waals surface area contributed by atoms with Crippen molar-refractivity contribution in [3.63, 3.8) is 0 Å². The van der Waals surface area contributed by atoms with E-state index in [4.69, 9.17) is 0 Å². The van der Waals surface area contributed by atoms with E-state index < -0.39 is 36.9 Å². The van der Waals surface area contributed by atoms with Crippen molar-refractivity contribution in [2.75, 3.05) is 6.61 Å². The van der Waals surface area contributed by atoms with Crippen LogP contribution < -0.4 is 5.32 Å². The maximum atomic E-state index is 12.6. The second-order valence-corrected chi connectivity index (χ2v) is 20.3. The molecular formula is C61H115NO5. The fraction of sp³-hybridized carbons (Fsp3) is 0.852. The Morgan fingerprint density at radius 2 is 0.716 bits per heavy atom. The van der Waals surface area contributed by atoms with Crippen molar-refractivity contribution in [3.05, 3.63) is 48.6 Å². The normalized spacial score (nSPS) is 14.1. The van der Waals surface area contributed by atoms with E-state index in [1.807, 2.05) is 0 Å². The smallest absolute Gasteiger partial charge is 0.249 e. The van der Waals surface area contributed by atoms with Crippen molar-refractivity contribution in [1.29, 1.82) is 0 Å². The van der Waals surface area contributed by atoms with Gasteiger partial charge in [0.05, 0.1) is 18.8 Å². The molecule has 0 bridgehead atoms. The first-order valence-electron chi connectivity index (χ1n) is 29.5. The lowest BCUT2D eigenvalue weighted by molar-refractivity contribution is -0.132. The van der Waals surface area contributed by atoms with Crippen LogP contribution in [0.4, 0.5) is 0 Å². The Morgan fingerprint density at radius 3 is 1.10 bits per heavy atom. The molecule has 0 aliphatic rings. The molecular weight excluding hydrogens is 827 g/mol. The highest BCUT2D eigenvalue weighted by atomic mass is 16.3. The van der Waals surface area contributed by atoms with Gasteiger partial charge >= 0.3 is 0 Å². The average molecular weight is 943 g/mol. The van der Waals surface area contributed by atoms with E-state index >= 15 is 0 Å². The van der Waals surface area contributed by atoms with Gasteiger partial charge in [0.2, 0.25) is 5.91 Å². The van der Waals surface area contributed by atoms with Crippen LogP contribution in [0.15, 0.2) is 48.6 Å². The fourth-order valence-corrected chi connectivity index (χ4v) is 9.17. The van der Waals surface area contributed by atoms with Gasteiger partial charge in [0, 0.05) is 0 Å². The monoisotopic (exact) mass is 942 g/mol. The number of nitrogens with one attached hydrogen (secondary N) is 1. The molecule has 1 amide bonds. The SMILES string of the molecule is CC/C=C\C/C=C\CCCCCCCCCCCCCCCC(O)C(=O)NC(CO)C(O)C(O)CCC/C=C/CC/C=C/CCCCCCCCCCCCCCCCCCCCCCCC. The van der Waals surface area contributed by atoms with E-state index in [2.05, 4.69) is 67.8 Å². The molecule has 0 saturated heterocycles. The average Bonchev–Trinajstić information content (AvgIpc) is 3.33. The maximum absolute atomic E-state index is 12.6. The molecule has 6 heteroatoms. The lowest BCUT2D eigenvalue weighted by Crippen LogP contribution is -2.53. The summed E-state index contributed by atoms with van der Waals surface area (Å²) in [4.78, 5) is 12.6. The quantitative estimate of drug-likeness (QED) is 0.0308. The molecule has 4 atom stereocenters. The predicted molar refractivity (Wildman–Crippen MR) is 293 cm³/mol. The number of hydrogen-bond acceptors (Lipinski definition) is 5. The first-order valence-corrected chi connectivity index (χ1v) is 29.5. The summed E-state index contributed by atoms with van der Waals surface area (Å²) in [6, 6.07) is -1.01. The van der Waals surface area contributed by atoms with Gasteiger partial charge in [-0.3, -0.25) is 4.79 Å². The summed E-state index contributed by atoms with van der Waals surface area (Å²) >= 11 is 0. The van der Waals surface area contributed by atoms with Crippen LogP contribution in [0.1, 0.15) is 303 Å². The van der Waals surface area contributed by atoms with Crippen LogP contribution in [0.3, 0.4) is 0 Å². The second kappa shape index (κ2) is 55.2. The molecule has 0 fully saturated rings. The summed E-state index contributed by atoms with van der Waals surface area (Å²) in [6.07, 6.45) is 70.6. The van der Waals surface area contributed by atoms with Gasteiger partial charge in [-0.2, -0.15) is 0 Å². The zero-order valence-electron chi connectivity index (χ0n) is 44.7. The molecule has 0 aliphatic carbocycles. The van der Waals surface area contributed by atoms with Crippen LogP contribution >= 0.6 is 0 Å². The Morgan fingerprint density at radius 1 is 0.388 bits per heavy atom. The number of unbranched alkanes of at least 4 members (excludes halogenated alkanes) is 37. The maximum Gasteiger partial charge on any atom is 0.249 e. The molecule has 4 unspecified atom stereocenters. The lowest BCUT2D eigenvalue weighted by Gasteiger charge is -2.27. The number of hydrogen-bond donors (Lipinski definition) is 5. The highest BCUT2D eigenvalue weighted by Gasteiger charge is 2.28. The first kappa shape index (κ1) is 65.3. The van der Waals surface area contributed by atoms with Crippen LogP contribution in [0.2, 0.25) is 0 Å². The Hall–Kier alpha value is -1.73. The number of amides is 1. The van der Waals surface area contributed by atoms with Gasteiger partial charge < -0.3 is 25.7 Å². The van der Waals surface area contributed by atoms with Gasteiger partial charge in [0.1, 0.15) is 12.2 Å². The van der Waals surface area contributed by atoms with Crippen molar-refractivity contribution in [3.8, 4) is 0 Å². The Labute approximate surface area is 417 Å². The van der Waals surface area contributed by atoms with Gasteiger partial charge in [0.25, 0.3) is 0 Å². The standard InChI is InChI=1S/C61H115NO5/c1-3-5-7-9-11-13-15-17-19-21-23-25-26-27-28-29-30-31-32-33-34-35-37-38-40-42-44-46-48-50-52-54-58(64)60(66)57(56-63)62-61(67)59(65)55-53-51-49-47-45-43-41-39-36-24-22-20-18-16-14-12-10-8-6-4-2/h6,8,12,14,38,40,46,48,57-60,63-66H,3-5,7,9-11,13,15-37,39,41-45,47,49-56H2,1-2H3,(H,62,67)/b8-6-,14-12-,40-38+,48-46+. The second-order valence-electron chi connectivity index (χ2n) is 20.3. The van der Waals surface area contributed by atoms with Crippen molar-refractivity contribution in [1.82, 2.24) is 5.32 Å². The van der Waals surface area contributed by atoms with Crippen molar-refractivity contribution < 1.29 is 25.2 Å². The minimum Gasteiger partial charge on any atom is -0.394 e. The molecule has 0 aromatic carbocycles. The third-order valence-corrected chi connectivity index (χ3v) is 13.8. The molecule has 0 spiro atoms. The van der Waals surface area contributed by atoms with Crippen molar-refractivity contribution >= 4 is 5.91 Å². The largest absolute Gasteiger partial charge is 0.394 e. The van der Waals surface area contributed by atoms with Crippen LogP contribution in [0.5, 0.6) is 0 Å². The molecule has 0 rings (SSSR count). The number of carbonyl (C=O) groups excluding carboxylic acids is 1. The fourth-order valence-electron chi connectivity index (χ4n) is 9.17. The third kappa shape index (κ3) is 49.1. The molecule has 394 valence electrons. The van der Waals surface area contributed by atoms with Gasteiger partial charge in [-0.05, 0) is 77.0 Å². The highest BCUT2D eigenvalue weighted by Crippen LogP contribution is 2.18. The molecule has 0 aromatic rings. The molecule has 0 aromatic heterocycles. The summed E-state index contributed by atoms with van der Waals surface area (Å²) in [5.41, 5.74) is 0. The summed E-state index contributed by atoms with van der Waals surface area (Å²) < 4.78 is 0. The van der Waals surface area contributed by atoms with E-state index in [1.165, 1.54) is 218 Å². The number of allylic oxidation sites excluding steroid dienone is 8. The zero-order chi connectivity index (χ0) is 48.8. The van der Waals surface area contributed by atoms with Crippen molar-refractivity contribution in [2.24, 2.45) is 0 Å². The van der Waals surface area contributed by atoms with E-state index in [0.717, 1.165) is 51.4 Å². The number of carbonyl (C=O) groups is 1. The van der Waals surface area contributed by atoms with Gasteiger partial charge in [-0.1, -0.05) is 274 Å². The minimum absolute atomic E-state index is 0.358.